The van der Waals surface area contributed by atoms with E-state index >= 15 is 0 Å². The zero-order valence-corrected chi connectivity index (χ0v) is 16.8. The zero-order valence-electron chi connectivity index (χ0n) is 16.8. The molecule has 0 aromatic carbocycles. The minimum Gasteiger partial charge on any atom is -0.451 e. The molecule has 154 valence electrons. The quantitative estimate of drug-likeness (QED) is 0.834. The Morgan fingerprint density at radius 3 is 2.76 bits per heavy atom. The average molecular weight is 397 g/mol. The second-order valence-corrected chi connectivity index (χ2v) is 8.63. The van der Waals surface area contributed by atoms with Gasteiger partial charge in [0.15, 0.2) is 5.76 Å². The predicted molar refractivity (Wildman–Crippen MR) is 108 cm³/mol. The number of nitrogens with one attached hydrogen (secondary N) is 1. The normalized spacial score (nSPS) is 27.3. The standard InChI is InChI=1S/C21H27N5O3/c1-24-4-6-26(7-5-24)21(28)19-9-15-11-22-17(10-18(15)29-19)20(27)23-16-8-14-2-3-25(12-14)13-16/h9-11,14,16H,2-8,12-13H2,1H3,(H,23,27)/t14-,16+/m0/s1. The molecule has 3 saturated heterocycles. The molecule has 0 aliphatic carbocycles. The Balaban J connectivity index is 1.29. The summed E-state index contributed by atoms with van der Waals surface area (Å²) in [5, 5.41) is 3.86. The number of carbonyl (C=O) groups excluding carboxylic acids is 2. The maximum atomic E-state index is 12.7. The topological polar surface area (TPSA) is 81.9 Å². The summed E-state index contributed by atoms with van der Waals surface area (Å²) in [7, 11) is 2.05. The first-order valence-corrected chi connectivity index (χ1v) is 10.5. The molecular weight excluding hydrogens is 370 g/mol. The van der Waals surface area contributed by atoms with Gasteiger partial charge in [0.25, 0.3) is 11.8 Å². The molecule has 1 N–H and O–H groups in total. The molecule has 0 radical (unpaired) electrons. The van der Waals surface area contributed by atoms with E-state index in [0.717, 1.165) is 44.5 Å². The number of carbonyl (C=O) groups is 2. The molecule has 0 spiro atoms. The van der Waals surface area contributed by atoms with Gasteiger partial charge in [-0.3, -0.25) is 14.6 Å². The van der Waals surface area contributed by atoms with Crippen LogP contribution in [0.2, 0.25) is 0 Å². The third-order valence-corrected chi connectivity index (χ3v) is 6.44. The highest BCUT2D eigenvalue weighted by atomic mass is 16.3. The van der Waals surface area contributed by atoms with Gasteiger partial charge in [0.1, 0.15) is 11.3 Å². The zero-order chi connectivity index (χ0) is 20.0. The molecule has 2 bridgehead atoms. The summed E-state index contributed by atoms with van der Waals surface area (Å²) in [6.07, 6.45) is 3.88. The fourth-order valence-electron chi connectivity index (χ4n) is 4.75. The smallest absolute Gasteiger partial charge is 0.289 e. The molecule has 0 saturated carbocycles. The number of amides is 2. The summed E-state index contributed by atoms with van der Waals surface area (Å²) in [6.45, 7) is 6.31. The molecule has 2 amide bonds. The van der Waals surface area contributed by atoms with E-state index in [1.807, 2.05) is 4.90 Å². The number of hydrogen-bond acceptors (Lipinski definition) is 6. The Morgan fingerprint density at radius 1 is 1.14 bits per heavy atom. The molecule has 29 heavy (non-hydrogen) atoms. The van der Waals surface area contributed by atoms with Crippen molar-refractivity contribution in [3.05, 3.63) is 29.8 Å². The van der Waals surface area contributed by atoms with Crippen molar-refractivity contribution in [1.29, 1.82) is 0 Å². The lowest BCUT2D eigenvalue weighted by atomic mass is 9.97. The molecule has 3 aliphatic rings. The van der Waals surface area contributed by atoms with Gasteiger partial charge in [-0.1, -0.05) is 0 Å². The van der Waals surface area contributed by atoms with E-state index < -0.39 is 0 Å². The van der Waals surface area contributed by atoms with Gasteiger partial charge in [-0.2, -0.15) is 0 Å². The summed E-state index contributed by atoms with van der Waals surface area (Å²) in [6, 6.07) is 3.53. The lowest BCUT2D eigenvalue weighted by Gasteiger charge is -2.31. The van der Waals surface area contributed by atoms with Crippen molar-refractivity contribution in [3.8, 4) is 0 Å². The number of rotatable bonds is 3. The van der Waals surface area contributed by atoms with E-state index in [2.05, 4.69) is 27.1 Å². The first-order valence-electron chi connectivity index (χ1n) is 10.5. The molecule has 8 heteroatoms. The van der Waals surface area contributed by atoms with Crippen LogP contribution in [0.25, 0.3) is 11.0 Å². The van der Waals surface area contributed by atoms with Gasteiger partial charge in [0.2, 0.25) is 0 Å². The first kappa shape index (κ1) is 18.6. The SMILES string of the molecule is CN1CCN(C(=O)c2cc3cnc(C(=O)N[C@@H]4C[C@@H]5CCN(C5)C4)cc3o2)CC1. The van der Waals surface area contributed by atoms with Gasteiger partial charge in [-0.25, -0.2) is 0 Å². The Hall–Kier alpha value is -2.45. The van der Waals surface area contributed by atoms with Crippen LogP contribution in [0.1, 0.15) is 33.9 Å². The van der Waals surface area contributed by atoms with Gasteiger partial charge >= 0.3 is 0 Å². The second kappa shape index (κ2) is 7.42. The van der Waals surface area contributed by atoms with E-state index in [4.69, 9.17) is 4.42 Å². The van der Waals surface area contributed by atoms with Crippen molar-refractivity contribution in [1.82, 2.24) is 25.0 Å². The highest BCUT2D eigenvalue weighted by molar-refractivity contribution is 5.98. The van der Waals surface area contributed by atoms with E-state index in [1.165, 1.54) is 6.42 Å². The molecule has 3 atom stereocenters. The largest absolute Gasteiger partial charge is 0.451 e. The first-order chi connectivity index (χ1) is 14.0. The van der Waals surface area contributed by atoms with Crippen molar-refractivity contribution >= 4 is 22.8 Å². The summed E-state index contributed by atoms with van der Waals surface area (Å²) in [5.74, 6) is 0.716. The highest BCUT2D eigenvalue weighted by Crippen LogP contribution is 2.27. The lowest BCUT2D eigenvalue weighted by molar-refractivity contribution is 0.0635. The number of aromatic nitrogens is 1. The van der Waals surface area contributed by atoms with Crippen LogP contribution in [-0.4, -0.2) is 90.4 Å². The molecule has 3 aliphatic heterocycles. The maximum absolute atomic E-state index is 12.7. The van der Waals surface area contributed by atoms with Crippen LogP contribution < -0.4 is 5.32 Å². The number of furan rings is 1. The van der Waals surface area contributed by atoms with Gasteiger partial charge < -0.3 is 24.4 Å². The van der Waals surface area contributed by atoms with E-state index in [1.54, 1.807) is 18.3 Å². The minimum absolute atomic E-state index is 0.105. The van der Waals surface area contributed by atoms with E-state index in [0.29, 0.717) is 36.0 Å². The number of fused-ring (bicyclic) bond motifs is 3. The number of nitrogens with zero attached hydrogens (tertiary/aromatic N) is 4. The number of piperidine rings is 1. The number of hydrogen-bond donors (Lipinski definition) is 1. The fraction of sp³-hybridized carbons (Fsp3) is 0.571. The minimum atomic E-state index is -0.178. The van der Waals surface area contributed by atoms with Crippen molar-refractivity contribution < 1.29 is 14.0 Å². The Bertz CT molecular complexity index is 922. The van der Waals surface area contributed by atoms with Gasteiger partial charge in [0.05, 0.1) is 0 Å². The maximum Gasteiger partial charge on any atom is 0.289 e. The Labute approximate surface area is 169 Å². The second-order valence-electron chi connectivity index (χ2n) is 8.63. The third-order valence-electron chi connectivity index (χ3n) is 6.44. The Kier molecular flexibility index (Phi) is 4.75. The summed E-state index contributed by atoms with van der Waals surface area (Å²) >= 11 is 0. The van der Waals surface area contributed by atoms with E-state index in [9.17, 15) is 9.59 Å². The Morgan fingerprint density at radius 2 is 1.97 bits per heavy atom. The van der Waals surface area contributed by atoms with Crippen molar-refractivity contribution in [3.63, 3.8) is 0 Å². The summed E-state index contributed by atoms with van der Waals surface area (Å²) in [4.78, 5) is 36.2. The lowest BCUT2D eigenvalue weighted by Crippen LogP contribution is -2.47. The molecule has 2 aromatic rings. The molecule has 5 rings (SSSR count). The monoisotopic (exact) mass is 397 g/mol. The summed E-state index contributed by atoms with van der Waals surface area (Å²) in [5.41, 5.74) is 0.855. The predicted octanol–water partition coefficient (Wildman–Crippen LogP) is 1.04. The van der Waals surface area contributed by atoms with Crippen LogP contribution in [0.3, 0.4) is 0 Å². The summed E-state index contributed by atoms with van der Waals surface area (Å²) < 4.78 is 5.80. The van der Waals surface area contributed by atoms with Crippen molar-refractivity contribution in [2.75, 3.05) is 52.9 Å². The molecular formula is C21H27N5O3. The van der Waals surface area contributed by atoms with Crippen LogP contribution in [0, 0.1) is 5.92 Å². The molecule has 8 nitrogen and oxygen atoms in total. The molecule has 1 unspecified atom stereocenters. The van der Waals surface area contributed by atoms with Crippen LogP contribution in [0.5, 0.6) is 0 Å². The average Bonchev–Trinajstić information content (AvgIpc) is 3.30. The fourth-order valence-corrected chi connectivity index (χ4v) is 4.75. The third kappa shape index (κ3) is 3.74. The van der Waals surface area contributed by atoms with E-state index in [-0.39, 0.29) is 17.9 Å². The van der Waals surface area contributed by atoms with Gasteiger partial charge in [-0.05, 0) is 38.4 Å². The van der Waals surface area contributed by atoms with Crippen molar-refractivity contribution in [2.24, 2.45) is 5.92 Å². The van der Waals surface area contributed by atoms with Crippen LogP contribution in [-0.2, 0) is 0 Å². The highest BCUT2D eigenvalue weighted by Gasteiger charge is 2.33. The van der Waals surface area contributed by atoms with Gasteiger partial charge in [0, 0.05) is 63.0 Å². The van der Waals surface area contributed by atoms with Crippen molar-refractivity contribution in [2.45, 2.75) is 18.9 Å². The molecule has 3 fully saturated rings. The molecule has 5 heterocycles. The van der Waals surface area contributed by atoms with Crippen LogP contribution in [0.15, 0.2) is 22.7 Å². The van der Waals surface area contributed by atoms with Crippen LogP contribution >= 0.6 is 0 Å². The molecule has 2 aromatic heterocycles. The van der Waals surface area contributed by atoms with Gasteiger partial charge in [-0.15, -0.1) is 0 Å². The van der Waals surface area contributed by atoms with Crippen LogP contribution in [0.4, 0.5) is 0 Å². The number of piperazine rings is 1. The number of pyridine rings is 1. The number of likely N-dealkylation sites (N-methyl/N-ethyl adjacent to an activating group) is 1.